The smallest absolute Gasteiger partial charge is 0.204 e. The maximum absolute atomic E-state index is 14.4. The summed E-state index contributed by atoms with van der Waals surface area (Å²) in [4.78, 5) is 14.4. The van der Waals surface area contributed by atoms with Gasteiger partial charge in [0.1, 0.15) is 23.2 Å². The molecule has 0 amide bonds. The molecule has 1 aliphatic carbocycles. The first-order valence-electron chi connectivity index (χ1n) is 11.2. The second-order valence-corrected chi connectivity index (χ2v) is 11.6. The Kier molecular flexibility index (Phi) is 6.51. The van der Waals surface area contributed by atoms with Crippen LogP contribution in [-0.2, 0) is 0 Å². The average Bonchev–Trinajstić information content (AvgIpc) is 3.43. The fraction of sp³-hybridized carbons (Fsp3) is 0.0323. The lowest BCUT2D eigenvalue weighted by atomic mass is 9.96. The molecular weight excluding hydrogens is 419 g/mol. The second kappa shape index (κ2) is 9.86. The molecule has 1 saturated carbocycles. The van der Waals surface area contributed by atoms with Crippen LogP contribution in [0.25, 0.3) is 0 Å². The summed E-state index contributed by atoms with van der Waals surface area (Å²) in [6.07, 6.45) is 8.29. The molecule has 1 atom stereocenters. The van der Waals surface area contributed by atoms with Gasteiger partial charge in [-0.05, 0) is 62.1 Å². The molecule has 2 heteroatoms. The number of rotatable bonds is 7. The van der Waals surface area contributed by atoms with Crippen molar-refractivity contribution in [2.24, 2.45) is 0 Å². The first-order chi connectivity index (χ1) is 16.3. The topological polar surface area (TPSA) is 17.1 Å². The van der Waals surface area contributed by atoms with Crippen LogP contribution >= 0.6 is 7.26 Å². The van der Waals surface area contributed by atoms with Crippen molar-refractivity contribution in [3.05, 3.63) is 158 Å². The summed E-state index contributed by atoms with van der Waals surface area (Å²) in [5, 5.41) is 3.62. The van der Waals surface area contributed by atoms with E-state index in [9.17, 15) is 4.79 Å². The third-order valence-corrected chi connectivity index (χ3v) is 10.8. The molecule has 0 spiro atoms. The Morgan fingerprint density at radius 1 is 0.515 bits per heavy atom. The lowest BCUT2D eigenvalue weighted by Gasteiger charge is -2.36. The monoisotopic (exact) mass is 444 g/mol. The van der Waals surface area contributed by atoms with E-state index < -0.39 is 7.26 Å². The zero-order valence-electron chi connectivity index (χ0n) is 18.3. The van der Waals surface area contributed by atoms with Crippen molar-refractivity contribution < 1.29 is 4.79 Å². The van der Waals surface area contributed by atoms with E-state index in [0.29, 0.717) is 0 Å². The van der Waals surface area contributed by atoms with Crippen molar-refractivity contribution in [1.29, 1.82) is 0 Å². The first-order valence-corrected chi connectivity index (χ1v) is 13.0. The normalized spacial score (nSPS) is 15.3. The highest BCUT2D eigenvalue weighted by atomic mass is 31.2. The van der Waals surface area contributed by atoms with Gasteiger partial charge in [0.25, 0.3) is 0 Å². The van der Waals surface area contributed by atoms with E-state index in [4.69, 9.17) is 0 Å². The summed E-state index contributed by atoms with van der Waals surface area (Å²) in [5.74, 6) is 1.22. The molecule has 1 fully saturated rings. The van der Waals surface area contributed by atoms with Gasteiger partial charge in [0.15, 0.2) is 5.66 Å². The van der Waals surface area contributed by atoms with Crippen LogP contribution < -0.4 is 15.9 Å². The quantitative estimate of drug-likeness (QED) is 0.266. The standard InChI is InChI=1S/C31H25OP/c32-30(25-15-5-1-6-16-25)31(26-17-13-14-18-26)33(27-19-7-2-8-20-27,28-21-9-3-10-22-28)29-23-11-4-12-24-29/h1-24,31H/q+1. The Balaban J connectivity index is 1.85. The molecule has 1 nitrogen and oxygen atoms in total. The van der Waals surface area contributed by atoms with Gasteiger partial charge in [0.05, 0.1) is 0 Å². The van der Waals surface area contributed by atoms with Crippen LogP contribution in [0, 0.1) is 31.6 Å². The highest BCUT2D eigenvalue weighted by molar-refractivity contribution is 7.97. The van der Waals surface area contributed by atoms with Crippen molar-refractivity contribution in [3.8, 4) is 0 Å². The van der Waals surface area contributed by atoms with Gasteiger partial charge in [-0.1, -0.05) is 84.9 Å². The fourth-order valence-electron chi connectivity index (χ4n) is 4.77. The zero-order chi connectivity index (χ0) is 22.5. The van der Waals surface area contributed by atoms with Crippen LogP contribution in [0.1, 0.15) is 10.4 Å². The lowest BCUT2D eigenvalue weighted by Crippen LogP contribution is -2.45. The molecular formula is C31H25OP+. The molecule has 0 aliphatic heterocycles. The minimum Gasteiger partial charge on any atom is -0.290 e. The number of hydrogen-bond acceptors (Lipinski definition) is 1. The summed E-state index contributed by atoms with van der Waals surface area (Å²) in [6.45, 7) is 0. The van der Waals surface area contributed by atoms with Crippen molar-refractivity contribution in [3.63, 3.8) is 0 Å². The Morgan fingerprint density at radius 3 is 1.27 bits per heavy atom. The van der Waals surface area contributed by atoms with Gasteiger partial charge in [0, 0.05) is 11.5 Å². The molecule has 0 N–H and O–H groups in total. The van der Waals surface area contributed by atoms with E-state index in [1.54, 1.807) is 0 Å². The SMILES string of the molecule is O=C(c1ccccc1)C([C]1[CH][CH][CH][CH]1)[P+](c1ccccc1)(c1ccccc1)c1ccccc1. The van der Waals surface area contributed by atoms with Crippen LogP contribution in [0.4, 0.5) is 0 Å². The van der Waals surface area contributed by atoms with E-state index in [-0.39, 0.29) is 11.4 Å². The van der Waals surface area contributed by atoms with Gasteiger partial charge >= 0.3 is 0 Å². The van der Waals surface area contributed by atoms with Crippen molar-refractivity contribution in [2.75, 3.05) is 0 Å². The molecule has 5 radical (unpaired) electrons. The Bertz CT molecular complexity index is 1070. The fourth-order valence-corrected chi connectivity index (χ4v) is 9.60. The number of hydrogen-bond donors (Lipinski definition) is 0. The van der Waals surface area contributed by atoms with Crippen molar-refractivity contribution in [2.45, 2.75) is 5.66 Å². The third kappa shape index (κ3) is 4.07. The Morgan fingerprint density at radius 2 is 0.879 bits per heavy atom. The summed E-state index contributed by atoms with van der Waals surface area (Å²) < 4.78 is 0. The van der Waals surface area contributed by atoms with Crippen LogP contribution in [0.5, 0.6) is 0 Å². The average molecular weight is 445 g/mol. The highest BCUT2D eigenvalue weighted by Crippen LogP contribution is 2.64. The maximum atomic E-state index is 14.4. The van der Waals surface area contributed by atoms with Gasteiger partial charge in [-0.2, -0.15) is 0 Å². The van der Waals surface area contributed by atoms with E-state index in [2.05, 4.69) is 85.6 Å². The number of carbonyl (C=O) groups is 1. The van der Waals surface area contributed by atoms with Crippen LogP contribution in [0.3, 0.4) is 0 Å². The van der Waals surface area contributed by atoms with Crippen LogP contribution in [-0.4, -0.2) is 11.4 Å². The summed E-state index contributed by atoms with van der Waals surface area (Å²) >= 11 is 0. The predicted octanol–water partition coefficient (Wildman–Crippen LogP) is 5.64. The van der Waals surface area contributed by atoms with Gasteiger partial charge in [-0.15, -0.1) is 0 Å². The molecule has 0 heterocycles. The molecule has 159 valence electrons. The molecule has 0 saturated heterocycles. The maximum Gasteiger partial charge on any atom is 0.204 e. The van der Waals surface area contributed by atoms with Gasteiger partial charge in [-0.3, -0.25) is 4.79 Å². The van der Waals surface area contributed by atoms with Gasteiger partial charge in [0.2, 0.25) is 5.78 Å². The van der Waals surface area contributed by atoms with Crippen molar-refractivity contribution >= 4 is 29.0 Å². The van der Waals surface area contributed by atoms with E-state index in [1.165, 1.54) is 15.9 Å². The van der Waals surface area contributed by atoms with Crippen LogP contribution in [0.2, 0.25) is 0 Å². The molecule has 0 bridgehead atoms. The largest absolute Gasteiger partial charge is 0.290 e. The predicted molar refractivity (Wildman–Crippen MR) is 140 cm³/mol. The van der Waals surface area contributed by atoms with Gasteiger partial charge < -0.3 is 0 Å². The molecule has 4 aromatic carbocycles. The Labute approximate surface area is 197 Å². The molecule has 0 aromatic heterocycles. The molecule has 5 rings (SSSR count). The van der Waals surface area contributed by atoms with Crippen LogP contribution in [0.15, 0.2) is 121 Å². The highest BCUT2D eigenvalue weighted by Gasteiger charge is 2.59. The number of Topliss-reactive ketones (excluding diaryl/α,β-unsaturated/α-hetero) is 1. The number of carbonyl (C=O) groups excluding carboxylic acids is 1. The minimum absolute atomic E-state index is 0.159. The summed E-state index contributed by atoms with van der Waals surface area (Å²) in [7, 11) is -2.42. The molecule has 4 aromatic rings. The number of benzene rings is 4. The second-order valence-electron chi connectivity index (χ2n) is 8.08. The third-order valence-electron chi connectivity index (χ3n) is 6.19. The van der Waals surface area contributed by atoms with Gasteiger partial charge in [-0.25, -0.2) is 0 Å². The van der Waals surface area contributed by atoms with E-state index in [0.717, 1.165) is 11.5 Å². The molecule has 1 aliphatic rings. The zero-order valence-corrected chi connectivity index (χ0v) is 19.2. The first kappa shape index (κ1) is 21.8. The summed E-state index contributed by atoms with van der Waals surface area (Å²) in [6, 6.07) is 41.6. The summed E-state index contributed by atoms with van der Waals surface area (Å²) in [5.41, 5.74) is 0.415. The number of ketones is 1. The molecule has 1 unspecified atom stereocenters. The Hall–Kier alpha value is -3.02. The lowest BCUT2D eigenvalue weighted by molar-refractivity contribution is 0.0993. The minimum atomic E-state index is -2.42. The van der Waals surface area contributed by atoms with E-state index in [1.807, 2.05) is 61.4 Å². The van der Waals surface area contributed by atoms with E-state index >= 15 is 0 Å². The van der Waals surface area contributed by atoms with Crippen molar-refractivity contribution in [1.82, 2.24) is 0 Å². The molecule has 33 heavy (non-hydrogen) atoms.